The minimum Gasteiger partial charge on any atom is -0.225 e. The molecule has 0 heterocycles. The van der Waals surface area contributed by atoms with Crippen LogP contribution in [0.5, 0.6) is 0 Å². The Morgan fingerprint density at radius 3 is 2.54 bits per heavy atom. The highest BCUT2D eigenvalue weighted by Crippen LogP contribution is 2.37. The van der Waals surface area contributed by atoms with Crippen LogP contribution in [0.4, 0.5) is 8.78 Å². The Morgan fingerprint density at radius 1 is 1.62 bits per heavy atom. The fourth-order valence-corrected chi connectivity index (χ4v) is 1.53. The summed E-state index contributed by atoms with van der Waals surface area (Å²) in [7, 11) is -3.99. The second-order valence-electron chi connectivity index (χ2n) is 2.55. The van der Waals surface area contributed by atoms with Crippen LogP contribution in [0.3, 0.4) is 0 Å². The normalized spacial score (nSPS) is 29.5. The van der Waals surface area contributed by atoms with Gasteiger partial charge in [0.25, 0.3) is 0 Å². The van der Waals surface area contributed by atoms with Crippen LogP contribution in [-0.4, -0.2) is 13.5 Å². The minimum atomic E-state index is -3.99. The van der Waals surface area contributed by atoms with Gasteiger partial charge in [-0.25, -0.2) is 22.3 Å². The summed E-state index contributed by atoms with van der Waals surface area (Å²) in [5, 5.41) is 2.04. The lowest BCUT2D eigenvalue weighted by molar-refractivity contribution is 0.277. The molecule has 0 aromatic carbocycles. The van der Waals surface area contributed by atoms with Crippen LogP contribution in [0.1, 0.15) is 6.42 Å². The van der Waals surface area contributed by atoms with Gasteiger partial charge in [0.05, 0.1) is 4.91 Å². The van der Waals surface area contributed by atoms with E-state index in [4.69, 9.17) is 11.6 Å². The van der Waals surface area contributed by atoms with Crippen LogP contribution in [0.25, 0.3) is 0 Å². The zero-order chi connectivity index (χ0) is 10.3. The van der Waals surface area contributed by atoms with E-state index in [1.54, 1.807) is 0 Å². The predicted octanol–water partition coefficient (Wildman–Crippen LogP) is 1.32. The summed E-state index contributed by atoms with van der Waals surface area (Å²) in [4.78, 5) is -0.459. The molecule has 0 aromatic heterocycles. The zero-order valence-electron chi connectivity index (χ0n) is 6.30. The highest BCUT2D eigenvalue weighted by Gasteiger charge is 2.35. The molecule has 0 radical (unpaired) electrons. The van der Waals surface area contributed by atoms with E-state index in [-0.39, 0.29) is 0 Å². The summed E-state index contributed by atoms with van der Waals surface area (Å²) in [6.07, 6.45) is 0.861. The molecule has 13 heavy (non-hydrogen) atoms. The fraction of sp³-hybridized carbons (Fsp3) is 0.333. The van der Waals surface area contributed by atoms with Crippen molar-refractivity contribution in [2.75, 3.05) is 0 Å². The second kappa shape index (κ2) is 3.04. The molecular formula is C6H6ClF2NO2S. The molecule has 2 N–H and O–H groups in total. The Hall–Kier alpha value is -0.460. The average molecular weight is 230 g/mol. The third-order valence-electron chi connectivity index (χ3n) is 1.51. The number of rotatable bonds is 1. The molecule has 1 unspecified atom stereocenters. The summed E-state index contributed by atoms with van der Waals surface area (Å²) in [5.74, 6) is -1.35. The largest absolute Gasteiger partial charge is 0.238 e. The number of hydrogen-bond donors (Lipinski definition) is 1. The summed E-state index contributed by atoms with van der Waals surface area (Å²) in [6.45, 7) is 0. The van der Waals surface area contributed by atoms with Crippen molar-refractivity contribution in [3.8, 4) is 0 Å². The lowest BCUT2D eigenvalue weighted by Crippen LogP contribution is -2.22. The van der Waals surface area contributed by atoms with E-state index in [1.165, 1.54) is 0 Å². The molecule has 74 valence electrons. The van der Waals surface area contributed by atoms with E-state index in [0.717, 1.165) is 6.08 Å². The maximum absolute atomic E-state index is 12.9. The molecule has 3 nitrogen and oxygen atoms in total. The quantitative estimate of drug-likeness (QED) is 0.690. The zero-order valence-corrected chi connectivity index (χ0v) is 7.87. The average Bonchev–Trinajstić information content (AvgIpc) is 1.92. The van der Waals surface area contributed by atoms with Crippen molar-refractivity contribution in [2.24, 2.45) is 5.14 Å². The van der Waals surface area contributed by atoms with Crippen LogP contribution in [-0.2, 0) is 10.0 Å². The summed E-state index contributed by atoms with van der Waals surface area (Å²) in [5.41, 5.74) is 0. The van der Waals surface area contributed by atoms with Gasteiger partial charge in [-0.3, -0.25) is 0 Å². The highest BCUT2D eigenvalue weighted by molar-refractivity contribution is 7.93. The number of allylic oxidation sites excluding steroid dienone is 3. The van der Waals surface area contributed by atoms with Gasteiger partial charge < -0.3 is 0 Å². The first-order valence-electron chi connectivity index (χ1n) is 3.22. The summed E-state index contributed by atoms with van der Waals surface area (Å²) in [6, 6.07) is 0. The molecule has 0 saturated carbocycles. The summed E-state index contributed by atoms with van der Waals surface area (Å²) < 4.78 is 47.0. The van der Waals surface area contributed by atoms with Crippen molar-refractivity contribution >= 4 is 21.6 Å². The van der Waals surface area contributed by atoms with Gasteiger partial charge in [0.1, 0.15) is 0 Å². The lowest BCUT2D eigenvalue weighted by atomic mass is 10.1. The van der Waals surface area contributed by atoms with Crippen molar-refractivity contribution in [3.05, 3.63) is 22.9 Å². The van der Waals surface area contributed by atoms with E-state index >= 15 is 0 Å². The van der Waals surface area contributed by atoms with Crippen LogP contribution in [0, 0.1) is 0 Å². The Labute approximate surface area is 78.9 Å². The molecule has 0 fully saturated rings. The van der Waals surface area contributed by atoms with E-state index in [0.29, 0.717) is 6.08 Å². The Balaban J connectivity index is 3.09. The van der Waals surface area contributed by atoms with Gasteiger partial charge in [-0.05, 0) is 6.08 Å². The molecular weight excluding hydrogens is 224 g/mol. The van der Waals surface area contributed by atoms with Gasteiger partial charge in [-0.2, -0.15) is 0 Å². The van der Waals surface area contributed by atoms with E-state index < -0.39 is 32.3 Å². The first-order valence-corrected chi connectivity index (χ1v) is 5.14. The van der Waals surface area contributed by atoms with Crippen molar-refractivity contribution < 1.29 is 17.2 Å². The third-order valence-corrected chi connectivity index (χ3v) is 2.78. The van der Waals surface area contributed by atoms with Gasteiger partial charge in [-0.1, -0.05) is 17.7 Å². The Bertz CT molecular complexity index is 385. The fourth-order valence-electron chi connectivity index (χ4n) is 0.814. The van der Waals surface area contributed by atoms with Gasteiger partial charge in [-0.15, -0.1) is 0 Å². The minimum absolute atomic E-state index is 0.459. The van der Waals surface area contributed by atoms with Crippen LogP contribution >= 0.6 is 11.6 Å². The van der Waals surface area contributed by atoms with E-state index in [1.807, 2.05) is 0 Å². The molecule has 7 heteroatoms. The Morgan fingerprint density at radius 2 is 2.15 bits per heavy atom. The number of primary sulfonamides is 1. The van der Waals surface area contributed by atoms with Gasteiger partial charge in [0.15, 0.2) is 5.83 Å². The Kier molecular flexibility index (Phi) is 2.48. The molecule has 0 bridgehead atoms. The first-order chi connectivity index (χ1) is 5.73. The summed E-state index contributed by atoms with van der Waals surface area (Å²) >= 11 is 5.05. The van der Waals surface area contributed by atoms with Crippen molar-refractivity contribution in [2.45, 2.75) is 11.5 Å². The third kappa shape index (κ3) is 2.26. The number of halogens is 3. The molecule has 0 aliphatic heterocycles. The van der Waals surface area contributed by atoms with Gasteiger partial charge in [0, 0.05) is 6.42 Å². The number of nitrogens with two attached hydrogens (primary N) is 1. The van der Waals surface area contributed by atoms with Gasteiger partial charge in [0.2, 0.25) is 15.2 Å². The highest BCUT2D eigenvalue weighted by atomic mass is 35.5. The topological polar surface area (TPSA) is 60.2 Å². The molecule has 0 aromatic rings. The van der Waals surface area contributed by atoms with E-state index in [9.17, 15) is 17.2 Å². The van der Waals surface area contributed by atoms with E-state index in [2.05, 4.69) is 5.14 Å². The number of hydrogen-bond acceptors (Lipinski definition) is 2. The van der Waals surface area contributed by atoms with Crippen molar-refractivity contribution in [1.29, 1.82) is 0 Å². The second-order valence-corrected chi connectivity index (χ2v) is 4.71. The first kappa shape index (κ1) is 10.6. The van der Waals surface area contributed by atoms with Crippen LogP contribution in [0.2, 0.25) is 0 Å². The monoisotopic (exact) mass is 229 g/mol. The SMILES string of the molecule is NS(=O)(=O)C1=CCC(F)(Cl)C(F)=C1. The molecule has 1 rings (SSSR count). The maximum atomic E-state index is 12.9. The molecule has 0 spiro atoms. The van der Waals surface area contributed by atoms with Crippen molar-refractivity contribution in [1.82, 2.24) is 0 Å². The van der Waals surface area contributed by atoms with Crippen LogP contribution in [0.15, 0.2) is 22.9 Å². The lowest BCUT2D eigenvalue weighted by Gasteiger charge is -2.18. The molecule has 0 amide bonds. The number of alkyl halides is 2. The molecule has 1 aliphatic carbocycles. The van der Waals surface area contributed by atoms with Crippen LogP contribution < -0.4 is 5.14 Å². The smallest absolute Gasteiger partial charge is 0.225 e. The predicted molar refractivity (Wildman–Crippen MR) is 44.7 cm³/mol. The molecule has 1 aliphatic rings. The van der Waals surface area contributed by atoms with Gasteiger partial charge >= 0.3 is 0 Å². The molecule has 0 saturated heterocycles. The number of sulfonamides is 1. The van der Waals surface area contributed by atoms with Crippen molar-refractivity contribution in [3.63, 3.8) is 0 Å². The molecule has 1 atom stereocenters. The maximum Gasteiger partial charge on any atom is 0.238 e. The standard InChI is InChI=1S/C6H6ClF2NO2S/c7-6(9)2-1-4(3-5(6)8)13(10,11)12/h1,3H,2H2,(H2,10,11,12).